The normalized spacial score (nSPS) is 19.7. The Balaban J connectivity index is 2.55. The van der Waals surface area contributed by atoms with Gasteiger partial charge in [-0.2, -0.15) is 5.26 Å². The molecule has 0 saturated carbocycles. The molecule has 1 nitrogen and oxygen atoms in total. The lowest BCUT2D eigenvalue weighted by molar-refractivity contribution is 0.501. The van der Waals surface area contributed by atoms with Gasteiger partial charge in [0, 0.05) is 12.0 Å². The molecule has 0 fully saturated rings. The van der Waals surface area contributed by atoms with Crippen molar-refractivity contribution >= 4 is 0 Å². The minimum atomic E-state index is -0.184. The fourth-order valence-electron chi connectivity index (χ4n) is 0.414. The zero-order valence-electron chi connectivity index (χ0n) is 3.61. The zero-order valence-corrected chi connectivity index (χ0v) is 3.61. The molecule has 0 amide bonds. The molecule has 0 heterocycles. The molecule has 1 rings (SSSR count). The molecule has 0 bridgehead atoms. The summed E-state index contributed by atoms with van der Waals surface area (Å²) in [4.78, 5) is 0. The number of nitriles is 1. The van der Waals surface area contributed by atoms with E-state index in [-0.39, 0.29) is 12.6 Å². The van der Waals surface area contributed by atoms with E-state index < -0.39 is 0 Å². The summed E-state index contributed by atoms with van der Waals surface area (Å²) < 4.78 is 11.6. The van der Waals surface area contributed by atoms with Gasteiger partial charge >= 0.3 is 0 Å². The third kappa shape index (κ3) is 0.614. The summed E-state index contributed by atoms with van der Waals surface area (Å²) in [5.74, 6) is 0. The van der Waals surface area contributed by atoms with E-state index in [2.05, 4.69) is 0 Å². The Labute approximate surface area is 41.1 Å². The van der Waals surface area contributed by atoms with Gasteiger partial charge in [-0.25, -0.2) is 4.39 Å². The van der Waals surface area contributed by atoms with E-state index in [0.717, 1.165) is 0 Å². The van der Waals surface area contributed by atoms with Gasteiger partial charge in [0.15, 0.2) is 6.17 Å². The molecule has 0 atom stereocenters. The van der Waals surface area contributed by atoms with Gasteiger partial charge in [-0.3, -0.25) is 0 Å². The minimum absolute atomic E-state index is 0.184. The van der Waals surface area contributed by atoms with Gasteiger partial charge in [0.25, 0.3) is 0 Å². The van der Waals surface area contributed by atoms with E-state index in [1.54, 1.807) is 0 Å². The van der Waals surface area contributed by atoms with Crippen molar-refractivity contribution in [2.45, 2.75) is 6.42 Å². The Morgan fingerprint density at radius 3 is 2.57 bits per heavy atom. The SMILES string of the molecule is N#CC1=C[C](F)C1. The number of hydrogen-bond acceptors (Lipinski definition) is 1. The van der Waals surface area contributed by atoms with E-state index in [1.807, 2.05) is 6.07 Å². The van der Waals surface area contributed by atoms with Gasteiger partial charge < -0.3 is 0 Å². The maximum Gasteiger partial charge on any atom is 0.172 e. The Kier molecular flexibility index (Phi) is 0.828. The molecule has 1 aliphatic carbocycles. The Morgan fingerprint density at radius 2 is 2.43 bits per heavy atom. The Hall–Kier alpha value is -0.840. The van der Waals surface area contributed by atoms with Crippen molar-refractivity contribution in [2.75, 3.05) is 0 Å². The standard InChI is InChI=1S/C5H3FN/c6-5-1-4(2-5)3-7/h1H,2H2. The molecule has 1 radical (unpaired) electrons. The van der Waals surface area contributed by atoms with Crippen molar-refractivity contribution in [3.8, 4) is 6.07 Å². The van der Waals surface area contributed by atoms with Gasteiger partial charge in [0.2, 0.25) is 0 Å². The molecule has 0 N–H and O–H groups in total. The maximum atomic E-state index is 11.6. The summed E-state index contributed by atoms with van der Waals surface area (Å²) in [6, 6.07) is 1.83. The van der Waals surface area contributed by atoms with Crippen LogP contribution in [-0.4, -0.2) is 0 Å². The topological polar surface area (TPSA) is 23.8 Å². The fourth-order valence-corrected chi connectivity index (χ4v) is 0.414. The number of allylic oxidation sites excluding steroid dienone is 2. The summed E-state index contributed by atoms with van der Waals surface area (Å²) in [6.45, 7) is 0. The molecule has 7 heavy (non-hydrogen) atoms. The smallest absolute Gasteiger partial charge is 0.172 e. The van der Waals surface area contributed by atoms with Crippen LogP contribution in [0.3, 0.4) is 0 Å². The van der Waals surface area contributed by atoms with Crippen molar-refractivity contribution in [1.82, 2.24) is 0 Å². The molecule has 0 aliphatic heterocycles. The summed E-state index contributed by atoms with van der Waals surface area (Å²) >= 11 is 0. The molecule has 0 saturated heterocycles. The second-order valence-electron chi connectivity index (χ2n) is 1.41. The van der Waals surface area contributed by atoms with Crippen LogP contribution < -0.4 is 0 Å². The van der Waals surface area contributed by atoms with E-state index in [9.17, 15) is 4.39 Å². The molecule has 1 aliphatic rings. The first-order valence-corrected chi connectivity index (χ1v) is 1.95. The first kappa shape index (κ1) is 4.32. The average Bonchev–Trinajstić information content (AvgIpc) is 1.58. The predicted octanol–water partition coefficient (Wildman–Crippen LogP) is 1.34. The largest absolute Gasteiger partial charge is 0.235 e. The molecular weight excluding hydrogens is 93.1 g/mol. The molecule has 2 heteroatoms. The fraction of sp³-hybridized carbons (Fsp3) is 0.200. The second kappa shape index (κ2) is 1.34. The predicted molar refractivity (Wildman–Crippen MR) is 22.7 cm³/mol. The molecule has 0 unspecified atom stereocenters. The van der Waals surface area contributed by atoms with Crippen molar-refractivity contribution < 1.29 is 4.39 Å². The molecular formula is C5H3FN. The highest BCUT2D eigenvalue weighted by Gasteiger charge is 2.17. The van der Waals surface area contributed by atoms with Crippen LogP contribution in [0.5, 0.6) is 0 Å². The quantitative estimate of drug-likeness (QED) is 0.446. The summed E-state index contributed by atoms with van der Waals surface area (Å²) in [5.41, 5.74) is 0.539. The first-order chi connectivity index (χ1) is 3.33. The highest BCUT2D eigenvalue weighted by Crippen LogP contribution is 2.27. The van der Waals surface area contributed by atoms with Gasteiger partial charge in [0.1, 0.15) is 0 Å². The van der Waals surface area contributed by atoms with Crippen molar-refractivity contribution in [2.24, 2.45) is 0 Å². The lowest BCUT2D eigenvalue weighted by Crippen LogP contribution is -1.99. The van der Waals surface area contributed by atoms with Crippen LogP contribution in [0.2, 0.25) is 0 Å². The lowest BCUT2D eigenvalue weighted by atomic mass is 9.99. The van der Waals surface area contributed by atoms with Crippen molar-refractivity contribution in [1.29, 1.82) is 5.26 Å². The van der Waals surface area contributed by atoms with Crippen LogP contribution in [0.1, 0.15) is 6.42 Å². The Bertz CT molecular complexity index is 143. The van der Waals surface area contributed by atoms with Crippen molar-refractivity contribution in [3.05, 3.63) is 17.8 Å². The summed E-state index contributed by atoms with van der Waals surface area (Å²) in [5, 5.41) is 8.01. The number of halogens is 1. The highest BCUT2D eigenvalue weighted by molar-refractivity contribution is 5.38. The van der Waals surface area contributed by atoms with E-state index >= 15 is 0 Å². The highest BCUT2D eigenvalue weighted by atomic mass is 19.1. The van der Waals surface area contributed by atoms with Crippen molar-refractivity contribution in [3.63, 3.8) is 0 Å². The average molecular weight is 96.1 g/mol. The third-order valence-corrected chi connectivity index (χ3v) is 0.834. The maximum absolute atomic E-state index is 11.6. The van der Waals surface area contributed by atoms with Crippen LogP contribution in [0.15, 0.2) is 11.6 Å². The van der Waals surface area contributed by atoms with Crippen LogP contribution in [-0.2, 0) is 0 Å². The van der Waals surface area contributed by atoms with Gasteiger partial charge in [-0.15, -0.1) is 0 Å². The molecule has 0 aromatic carbocycles. The number of rotatable bonds is 0. The van der Waals surface area contributed by atoms with Gasteiger partial charge in [-0.1, -0.05) is 0 Å². The summed E-state index contributed by atoms with van der Waals surface area (Å²) in [6.07, 6.45) is 1.31. The Morgan fingerprint density at radius 1 is 1.86 bits per heavy atom. The van der Waals surface area contributed by atoms with Crippen LogP contribution in [0.4, 0.5) is 4.39 Å². The molecule has 0 aromatic heterocycles. The lowest BCUT2D eigenvalue weighted by Gasteiger charge is -2.08. The zero-order chi connectivity index (χ0) is 5.28. The monoisotopic (exact) mass is 96.0 g/mol. The molecule has 0 aromatic rings. The minimum Gasteiger partial charge on any atom is -0.235 e. The van der Waals surface area contributed by atoms with E-state index in [4.69, 9.17) is 5.26 Å². The van der Waals surface area contributed by atoms with Gasteiger partial charge in [-0.05, 0) is 6.08 Å². The van der Waals surface area contributed by atoms with Crippen LogP contribution in [0, 0.1) is 17.5 Å². The molecule has 35 valence electrons. The number of hydrogen-bond donors (Lipinski definition) is 0. The van der Waals surface area contributed by atoms with E-state index in [1.165, 1.54) is 6.08 Å². The first-order valence-electron chi connectivity index (χ1n) is 1.95. The number of nitrogens with zero attached hydrogens (tertiary/aromatic N) is 1. The second-order valence-corrected chi connectivity index (χ2v) is 1.41. The van der Waals surface area contributed by atoms with Crippen LogP contribution >= 0.6 is 0 Å². The third-order valence-electron chi connectivity index (χ3n) is 0.834. The van der Waals surface area contributed by atoms with E-state index in [0.29, 0.717) is 5.57 Å². The van der Waals surface area contributed by atoms with Crippen LogP contribution in [0.25, 0.3) is 0 Å². The van der Waals surface area contributed by atoms with Gasteiger partial charge in [0.05, 0.1) is 6.07 Å². The molecule has 0 spiro atoms. The summed E-state index contributed by atoms with van der Waals surface area (Å²) in [7, 11) is 0.